The van der Waals surface area contributed by atoms with Crippen molar-refractivity contribution in [2.75, 3.05) is 13.2 Å². The van der Waals surface area contributed by atoms with E-state index in [0.717, 1.165) is 4.57 Å². The zero-order valence-corrected chi connectivity index (χ0v) is 22.9. The summed E-state index contributed by atoms with van der Waals surface area (Å²) in [6.45, 7) is 1.13. The van der Waals surface area contributed by atoms with Gasteiger partial charge in [-0.15, -0.1) is 0 Å². The van der Waals surface area contributed by atoms with Crippen LogP contribution in [0.5, 0.6) is 0 Å². The molecule has 0 saturated carbocycles. The molecule has 30 heavy (non-hydrogen) atoms. The van der Waals surface area contributed by atoms with Gasteiger partial charge < -0.3 is 33.1 Å². The number of ether oxygens (including phenoxy) is 3. The number of hydrogen-bond donors (Lipinski definition) is 1. The van der Waals surface area contributed by atoms with Gasteiger partial charge in [-0.3, -0.25) is 14.3 Å². The Morgan fingerprint density at radius 1 is 1.40 bits per heavy atom. The summed E-state index contributed by atoms with van der Waals surface area (Å²) in [6, 6.07) is 0. The molecule has 16 heteroatoms. The summed E-state index contributed by atoms with van der Waals surface area (Å²) < 4.78 is 31.4. The van der Waals surface area contributed by atoms with Crippen LogP contribution in [0.2, 0.25) is 0 Å². The molecule has 0 spiro atoms. The van der Waals surface area contributed by atoms with Crippen molar-refractivity contribution < 1.29 is 97.0 Å². The first-order chi connectivity index (χ1) is 13.1. The topological polar surface area (TPSA) is 172 Å². The molecule has 0 aromatic carbocycles. The zero-order chi connectivity index (χ0) is 20.9. The number of aromatic nitrogens is 2. The maximum absolute atomic E-state index is 12.1. The van der Waals surface area contributed by atoms with Crippen LogP contribution >= 0.6 is 23.8 Å². The van der Waals surface area contributed by atoms with Crippen molar-refractivity contribution in [2.24, 2.45) is 0 Å². The molecule has 0 bridgehead atoms. The number of nitrogens with zero attached hydrogens (tertiary/aromatic N) is 1. The Bertz CT molecular complexity index is 901. The fourth-order valence-electron chi connectivity index (χ4n) is 2.51. The largest absolute Gasteiger partial charge is 1.00 e. The molecule has 1 fully saturated rings. The number of carbonyl (C=O) groups is 1. The summed E-state index contributed by atoms with van der Waals surface area (Å²) in [5, 5.41) is 0. The van der Waals surface area contributed by atoms with Crippen LogP contribution in [0.1, 0.15) is 25.1 Å². The third-order valence-corrected chi connectivity index (χ3v) is 4.41. The second-order valence-electron chi connectivity index (χ2n) is 5.49. The van der Waals surface area contributed by atoms with Crippen LogP contribution in [0.25, 0.3) is 6.08 Å². The van der Waals surface area contributed by atoms with Crippen molar-refractivity contribution >= 4 is 36.0 Å². The minimum atomic E-state index is -5.38. The van der Waals surface area contributed by atoms with E-state index in [2.05, 4.69) is 30.2 Å². The number of H-pyrrole nitrogens is 1. The number of carbonyl (C=O) groups excluding carboxylic acids is 1. The minimum Gasteiger partial charge on any atom is -0.790 e. The van der Waals surface area contributed by atoms with Crippen LogP contribution in [0, 0.1) is 0 Å². The molecule has 1 saturated heterocycles. The molecule has 1 aliphatic heterocycles. The van der Waals surface area contributed by atoms with Crippen molar-refractivity contribution in [3.8, 4) is 0 Å². The number of hydrogen-bond acceptors (Lipinski definition) is 10. The van der Waals surface area contributed by atoms with E-state index in [0.29, 0.717) is 0 Å². The average molecular weight is 529 g/mol. The van der Waals surface area contributed by atoms with Crippen molar-refractivity contribution in [3.63, 3.8) is 0 Å². The van der Waals surface area contributed by atoms with E-state index >= 15 is 0 Å². The second kappa shape index (κ2) is 13.7. The second-order valence-corrected chi connectivity index (χ2v) is 7.13. The van der Waals surface area contributed by atoms with E-state index in [1.54, 1.807) is 6.92 Å². The van der Waals surface area contributed by atoms with Crippen molar-refractivity contribution in [3.05, 3.63) is 37.6 Å². The van der Waals surface area contributed by atoms with Crippen LogP contribution < -0.4 is 80.2 Å². The molecule has 0 amide bonds. The molecule has 3 atom stereocenters. The number of rotatable bonds is 7. The molecule has 1 aromatic heterocycles. The standard InChI is InChI=1S/C14H18BrN2O10P.2Na/c1-2-24-14(20)25-7-10-9(27-28(21,22)23)5-11(26-10)17-6-8(3-4-15)12(18)16-13(17)19;;/h3-4,6,9-11H,2,5,7H2,1H3,(H,16,18,19)(H2,21,22,23);;/q;2*+1/p-2/t9-,10+,11+;;/m0../s1. The van der Waals surface area contributed by atoms with Gasteiger partial charge >= 0.3 is 71.0 Å². The first-order valence-electron chi connectivity index (χ1n) is 7.92. The Balaban J connectivity index is 0.00000420. The molecule has 1 N–H and O–H groups in total. The Kier molecular flexibility index (Phi) is 13.8. The summed E-state index contributed by atoms with van der Waals surface area (Å²) in [5.74, 6) is 0. The van der Waals surface area contributed by atoms with Crippen molar-refractivity contribution in [1.29, 1.82) is 0 Å². The van der Waals surface area contributed by atoms with Gasteiger partial charge in [0, 0.05) is 12.6 Å². The van der Waals surface area contributed by atoms with E-state index in [4.69, 9.17) is 9.47 Å². The van der Waals surface area contributed by atoms with Crippen LogP contribution in [0.15, 0.2) is 20.8 Å². The average Bonchev–Trinajstić information content (AvgIpc) is 2.96. The summed E-state index contributed by atoms with van der Waals surface area (Å²) in [7, 11) is -5.38. The molecule has 1 aliphatic rings. The third-order valence-electron chi connectivity index (χ3n) is 3.62. The SMILES string of the molecule is CCOC(=O)OC[C@H]1O[C@@H](n2cc(C=CBr)c(=O)[nH]c2=O)C[C@@H]1OP(=O)([O-])[O-].[Na+].[Na+]. The summed E-state index contributed by atoms with van der Waals surface area (Å²) >= 11 is 3.01. The van der Waals surface area contributed by atoms with Crippen molar-refractivity contribution in [1.82, 2.24) is 9.55 Å². The first kappa shape index (κ1) is 30.2. The van der Waals surface area contributed by atoms with E-state index in [9.17, 15) is 28.7 Å². The van der Waals surface area contributed by atoms with Gasteiger partial charge in [0.25, 0.3) is 5.56 Å². The minimum absolute atomic E-state index is 0. The molecule has 2 heterocycles. The fourth-order valence-corrected chi connectivity index (χ4v) is 3.35. The molecule has 1 aromatic rings. The summed E-state index contributed by atoms with van der Waals surface area (Å²) in [6.07, 6.45) is -2.24. The molecule has 0 radical (unpaired) electrons. The van der Waals surface area contributed by atoms with Crippen molar-refractivity contribution in [2.45, 2.75) is 31.8 Å². The van der Waals surface area contributed by atoms with Gasteiger partial charge in [0.15, 0.2) is 0 Å². The molecule has 0 unspecified atom stereocenters. The molecule has 2 rings (SSSR count). The monoisotopic (exact) mass is 528 g/mol. The molecule has 12 nitrogen and oxygen atoms in total. The number of aromatic amines is 1. The van der Waals surface area contributed by atoms with E-state index < -0.39 is 50.3 Å². The Morgan fingerprint density at radius 3 is 2.63 bits per heavy atom. The summed E-state index contributed by atoms with van der Waals surface area (Å²) in [5.41, 5.74) is -1.35. The van der Waals surface area contributed by atoms with Crippen LogP contribution in [0.4, 0.5) is 4.79 Å². The summed E-state index contributed by atoms with van der Waals surface area (Å²) in [4.78, 5) is 60.7. The van der Waals surface area contributed by atoms with Gasteiger partial charge in [0.05, 0.1) is 26.1 Å². The van der Waals surface area contributed by atoms with Gasteiger partial charge in [0.2, 0.25) is 0 Å². The Morgan fingerprint density at radius 2 is 2.07 bits per heavy atom. The predicted octanol–water partition coefficient (Wildman–Crippen LogP) is -6.42. The number of phosphoric ester groups is 1. The molecule has 0 aliphatic carbocycles. The number of halogens is 1. The molecular weight excluding hydrogens is 513 g/mol. The molecule has 156 valence electrons. The van der Waals surface area contributed by atoms with Crippen LogP contribution in [-0.4, -0.2) is 41.1 Å². The number of phosphoric acid groups is 1. The van der Waals surface area contributed by atoms with Crippen LogP contribution in [-0.2, 0) is 23.3 Å². The van der Waals surface area contributed by atoms with Gasteiger partial charge in [-0.1, -0.05) is 15.9 Å². The first-order valence-corrected chi connectivity index (χ1v) is 10.3. The normalized spacial score (nSPS) is 21.0. The number of nitrogens with one attached hydrogen (secondary N) is 1. The maximum Gasteiger partial charge on any atom is 1.00 e. The Hall–Kier alpha value is 0.240. The quantitative estimate of drug-likeness (QED) is 0.204. The van der Waals surface area contributed by atoms with Gasteiger partial charge in [-0.05, 0) is 18.0 Å². The van der Waals surface area contributed by atoms with Crippen LogP contribution in [0.3, 0.4) is 0 Å². The van der Waals surface area contributed by atoms with Gasteiger partial charge in [-0.2, -0.15) is 0 Å². The van der Waals surface area contributed by atoms with E-state index in [1.807, 2.05) is 0 Å². The van der Waals surface area contributed by atoms with Gasteiger partial charge in [-0.25, -0.2) is 9.59 Å². The third kappa shape index (κ3) is 9.00. The smallest absolute Gasteiger partial charge is 0.790 e. The maximum atomic E-state index is 12.1. The molecular formula is C14H16BrN2Na2O10P. The Labute approximate surface area is 223 Å². The predicted molar refractivity (Wildman–Crippen MR) is 93.3 cm³/mol. The van der Waals surface area contributed by atoms with Gasteiger partial charge in [0.1, 0.15) is 18.9 Å². The zero-order valence-electron chi connectivity index (χ0n) is 16.4. The van der Waals surface area contributed by atoms with E-state index in [-0.39, 0.29) is 77.7 Å². The van der Waals surface area contributed by atoms with E-state index in [1.165, 1.54) is 17.3 Å². The fraction of sp³-hybridized carbons (Fsp3) is 0.500.